The van der Waals surface area contributed by atoms with E-state index in [4.69, 9.17) is 13.9 Å². The lowest BCUT2D eigenvalue weighted by atomic mass is 9.64. The first-order valence-electron chi connectivity index (χ1n) is 12.1. The van der Waals surface area contributed by atoms with Gasteiger partial charge < -0.3 is 19.0 Å². The lowest BCUT2D eigenvalue weighted by Crippen LogP contribution is -2.64. The average Bonchev–Trinajstić information content (AvgIpc) is 2.92. The maximum Gasteiger partial charge on any atom is 0.192 e. The molecule has 2 bridgehead atoms. The van der Waals surface area contributed by atoms with Gasteiger partial charge in [0.15, 0.2) is 14.1 Å². The van der Waals surface area contributed by atoms with Crippen LogP contribution in [0.3, 0.4) is 0 Å². The summed E-state index contributed by atoms with van der Waals surface area (Å²) >= 11 is 0. The third kappa shape index (κ3) is 3.06. The second-order valence-electron chi connectivity index (χ2n) is 12.7. The van der Waals surface area contributed by atoms with Crippen LogP contribution in [-0.4, -0.2) is 43.1 Å². The van der Waals surface area contributed by atoms with Crippen molar-refractivity contribution in [2.45, 2.75) is 128 Å². The largest absolute Gasteiger partial charge is 0.413 e. The number of aliphatic hydroxyl groups is 1. The highest BCUT2D eigenvalue weighted by Gasteiger charge is 2.77. The van der Waals surface area contributed by atoms with Gasteiger partial charge in [0, 0.05) is 5.41 Å². The average molecular weight is 437 g/mol. The number of ether oxygens (including phenoxy) is 2. The predicted octanol–water partition coefficient (Wildman–Crippen LogP) is 5.80. The van der Waals surface area contributed by atoms with E-state index in [-0.39, 0.29) is 22.7 Å². The molecular weight excluding hydrogens is 392 g/mol. The molecule has 0 unspecified atom stereocenters. The molecule has 4 nitrogen and oxygen atoms in total. The molecule has 0 aromatic rings. The van der Waals surface area contributed by atoms with Crippen LogP contribution in [0, 0.1) is 17.3 Å². The molecule has 0 amide bonds. The van der Waals surface area contributed by atoms with Gasteiger partial charge in [-0.3, -0.25) is 0 Å². The maximum atomic E-state index is 11.8. The van der Waals surface area contributed by atoms with E-state index in [2.05, 4.69) is 47.4 Å². The number of rotatable bonds is 2. The van der Waals surface area contributed by atoms with E-state index >= 15 is 0 Å². The summed E-state index contributed by atoms with van der Waals surface area (Å²) in [5.41, 5.74) is -0.0903. The van der Waals surface area contributed by atoms with Gasteiger partial charge in [-0.1, -0.05) is 47.1 Å². The van der Waals surface area contributed by atoms with Gasteiger partial charge in [0.2, 0.25) is 0 Å². The number of fused-ring (bicyclic) bond motifs is 1. The smallest absolute Gasteiger partial charge is 0.192 e. The highest BCUT2D eigenvalue weighted by molar-refractivity contribution is 6.74. The van der Waals surface area contributed by atoms with Gasteiger partial charge in [0.1, 0.15) is 11.7 Å². The molecule has 172 valence electrons. The number of aliphatic hydroxyl groups excluding tert-OH is 1. The van der Waals surface area contributed by atoms with E-state index in [0.717, 1.165) is 37.7 Å². The van der Waals surface area contributed by atoms with Crippen LogP contribution in [0.25, 0.3) is 0 Å². The molecule has 7 atom stereocenters. The van der Waals surface area contributed by atoms with Crippen molar-refractivity contribution in [3.63, 3.8) is 0 Å². The molecule has 4 fully saturated rings. The van der Waals surface area contributed by atoms with Crippen LogP contribution in [0.15, 0.2) is 12.2 Å². The minimum absolute atomic E-state index is 0.0831. The van der Waals surface area contributed by atoms with Crippen molar-refractivity contribution in [3.8, 4) is 0 Å². The van der Waals surface area contributed by atoms with Gasteiger partial charge >= 0.3 is 0 Å². The van der Waals surface area contributed by atoms with Crippen molar-refractivity contribution in [2.24, 2.45) is 17.3 Å². The van der Waals surface area contributed by atoms with Crippen LogP contribution < -0.4 is 0 Å². The summed E-state index contributed by atoms with van der Waals surface area (Å²) in [6.07, 6.45) is 5.64. The summed E-state index contributed by atoms with van der Waals surface area (Å²) in [6.45, 7) is 22.3. The Bertz CT molecular complexity index is 710. The summed E-state index contributed by atoms with van der Waals surface area (Å²) in [4.78, 5) is 0. The predicted molar refractivity (Wildman–Crippen MR) is 123 cm³/mol. The van der Waals surface area contributed by atoms with E-state index in [1.54, 1.807) is 0 Å². The molecule has 3 saturated carbocycles. The molecule has 4 aliphatic rings. The minimum atomic E-state index is -2.02. The fraction of sp³-hybridized carbons (Fsp3) is 0.920. The Balaban J connectivity index is 1.91. The molecule has 1 heterocycles. The molecule has 1 aliphatic heterocycles. The third-order valence-electron chi connectivity index (χ3n) is 9.20. The van der Waals surface area contributed by atoms with Crippen LogP contribution in [0.1, 0.15) is 80.1 Å². The Morgan fingerprint density at radius 3 is 2.50 bits per heavy atom. The van der Waals surface area contributed by atoms with Crippen molar-refractivity contribution in [2.75, 3.05) is 0 Å². The Morgan fingerprint density at radius 1 is 1.20 bits per heavy atom. The Labute approximate surface area is 184 Å². The molecule has 0 radical (unpaired) electrons. The Hall–Kier alpha value is -0.203. The Morgan fingerprint density at radius 2 is 1.87 bits per heavy atom. The summed E-state index contributed by atoms with van der Waals surface area (Å²) in [5, 5.41) is 11.9. The first kappa shape index (κ1) is 23.0. The van der Waals surface area contributed by atoms with Gasteiger partial charge in [-0.2, -0.15) is 0 Å². The maximum absolute atomic E-state index is 11.8. The van der Waals surface area contributed by atoms with E-state index in [9.17, 15) is 5.11 Å². The van der Waals surface area contributed by atoms with Gasteiger partial charge in [-0.15, -0.1) is 0 Å². The molecule has 0 aromatic heterocycles. The molecular formula is C25H44O4Si. The zero-order valence-electron chi connectivity index (χ0n) is 20.5. The SMILES string of the molecule is C=C1C[C@H]2CCCC[C@@]3(C[C@@H](C)[C@@H]4OC(C)(C)O[C@@]43[C@@H]1O)[C@@H]2O[Si](C)(C)C(C)(C)C. The second-order valence-corrected chi connectivity index (χ2v) is 17.5. The van der Waals surface area contributed by atoms with Crippen molar-refractivity contribution in [1.82, 2.24) is 0 Å². The first-order valence-corrected chi connectivity index (χ1v) is 15.0. The molecule has 2 spiro atoms. The standard InChI is InChI=1S/C25H44O4Si/c1-16-14-18-12-10-11-13-24(21(18)28-30(8,9)22(3,4)5)15-17(2)20-25(24,19(16)26)29-23(6,7)27-20/h17-21,26H,1,10-15H2,2-9H3/t17-,18-,19-,20+,21-,24-,25+/m1/s1. The van der Waals surface area contributed by atoms with Crippen LogP contribution in [0.2, 0.25) is 18.1 Å². The first-order chi connectivity index (χ1) is 13.7. The quantitative estimate of drug-likeness (QED) is 0.439. The highest BCUT2D eigenvalue weighted by atomic mass is 28.4. The van der Waals surface area contributed by atoms with Gasteiger partial charge in [0.05, 0.1) is 12.2 Å². The molecule has 30 heavy (non-hydrogen) atoms. The van der Waals surface area contributed by atoms with E-state index in [1.165, 1.54) is 6.42 Å². The van der Waals surface area contributed by atoms with Crippen molar-refractivity contribution < 1.29 is 19.0 Å². The third-order valence-corrected chi connectivity index (χ3v) is 13.7. The molecule has 1 saturated heterocycles. The zero-order chi connectivity index (χ0) is 22.3. The van der Waals surface area contributed by atoms with Gasteiger partial charge in [-0.25, -0.2) is 0 Å². The van der Waals surface area contributed by atoms with Crippen molar-refractivity contribution in [1.29, 1.82) is 0 Å². The fourth-order valence-electron chi connectivity index (χ4n) is 7.02. The van der Waals surface area contributed by atoms with E-state index < -0.39 is 25.8 Å². The highest BCUT2D eigenvalue weighted by Crippen LogP contribution is 2.68. The number of hydrogen-bond acceptors (Lipinski definition) is 4. The topological polar surface area (TPSA) is 47.9 Å². The van der Waals surface area contributed by atoms with Crippen LogP contribution in [0.5, 0.6) is 0 Å². The minimum Gasteiger partial charge on any atom is -0.413 e. The summed E-state index contributed by atoms with van der Waals surface area (Å²) < 4.78 is 20.7. The monoisotopic (exact) mass is 436 g/mol. The van der Waals surface area contributed by atoms with E-state index in [0.29, 0.717) is 11.8 Å². The van der Waals surface area contributed by atoms with E-state index in [1.807, 2.05) is 13.8 Å². The zero-order valence-corrected chi connectivity index (χ0v) is 21.5. The molecule has 4 rings (SSSR count). The summed E-state index contributed by atoms with van der Waals surface area (Å²) in [7, 11) is -2.02. The van der Waals surface area contributed by atoms with Crippen LogP contribution in [0.4, 0.5) is 0 Å². The second kappa shape index (κ2) is 6.90. The summed E-state index contributed by atoms with van der Waals surface area (Å²) in [5.74, 6) is -0.000588. The molecule has 1 N–H and O–H groups in total. The molecule has 5 heteroatoms. The molecule has 3 aliphatic carbocycles. The molecule has 0 aromatic carbocycles. The van der Waals surface area contributed by atoms with Crippen molar-refractivity contribution in [3.05, 3.63) is 12.2 Å². The Kier molecular flexibility index (Phi) is 5.28. The van der Waals surface area contributed by atoms with Crippen LogP contribution in [-0.2, 0) is 13.9 Å². The normalized spacial score (nSPS) is 46.2. The lowest BCUT2D eigenvalue weighted by Gasteiger charge is -2.53. The summed E-state index contributed by atoms with van der Waals surface area (Å²) in [6, 6.07) is 0. The van der Waals surface area contributed by atoms with Gasteiger partial charge in [-0.05, 0) is 75.1 Å². The fourth-order valence-corrected chi connectivity index (χ4v) is 8.43. The van der Waals surface area contributed by atoms with Crippen molar-refractivity contribution >= 4 is 8.32 Å². The van der Waals surface area contributed by atoms with Crippen LogP contribution >= 0.6 is 0 Å². The lowest BCUT2D eigenvalue weighted by molar-refractivity contribution is -0.234. The van der Waals surface area contributed by atoms with Gasteiger partial charge in [0.25, 0.3) is 0 Å². The number of hydrogen-bond donors (Lipinski definition) is 1.